The lowest BCUT2D eigenvalue weighted by Crippen LogP contribution is -2.19. The van der Waals surface area contributed by atoms with Crippen LogP contribution in [0.4, 0.5) is 22.0 Å². The van der Waals surface area contributed by atoms with Gasteiger partial charge in [-0.2, -0.15) is 0 Å². The molecule has 1 fully saturated rings. The van der Waals surface area contributed by atoms with Crippen LogP contribution >= 0.6 is 0 Å². The van der Waals surface area contributed by atoms with Crippen molar-refractivity contribution in [1.82, 2.24) is 0 Å². The molecule has 1 heterocycles. The van der Waals surface area contributed by atoms with Gasteiger partial charge in [0, 0.05) is 23.3 Å². The lowest BCUT2D eigenvalue weighted by atomic mass is 9.93. The lowest BCUT2D eigenvalue weighted by Gasteiger charge is -2.27. The van der Waals surface area contributed by atoms with Gasteiger partial charge in [-0.15, -0.1) is 0 Å². The molecule has 0 amide bonds. The molecule has 0 bridgehead atoms. The molecule has 4 aromatic carbocycles. The van der Waals surface area contributed by atoms with Crippen molar-refractivity contribution in [3.05, 3.63) is 119 Å². The number of rotatable bonds is 6. The number of ether oxygens (including phenoxy) is 1. The molecule has 5 rings (SSSR count). The Bertz CT molecular complexity index is 1440. The van der Waals surface area contributed by atoms with Gasteiger partial charge in [0.1, 0.15) is 5.82 Å². The molecular weight excluding hydrogens is 495 g/mol. The Morgan fingerprint density at radius 3 is 2.00 bits per heavy atom. The van der Waals surface area contributed by atoms with Crippen molar-refractivity contribution in [3.8, 4) is 22.3 Å². The summed E-state index contributed by atoms with van der Waals surface area (Å²) in [4.78, 5) is 0. The molecule has 1 aliphatic rings. The average molecular weight is 523 g/mol. The van der Waals surface area contributed by atoms with E-state index in [0.717, 1.165) is 29.7 Å². The zero-order chi connectivity index (χ0) is 26.8. The summed E-state index contributed by atoms with van der Waals surface area (Å²) in [5.41, 5.74) is 3.19. The van der Waals surface area contributed by atoms with Crippen LogP contribution in [0, 0.1) is 35.0 Å². The van der Waals surface area contributed by atoms with Crippen LogP contribution in [0.25, 0.3) is 22.3 Å². The molecule has 0 radical (unpaired) electrons. The van der Waals surface area contributed by atoms with Gasteiger partial charge in [0.2, 0.25) is 0 Å². The minimum Gasteiger partial charge on any atom is -0.373 e. The molecule has 0 aliphatic carbocycles. The monoisotopic (exact) mass is 522 g/mol. The predicted molar refractivity (Wildman–Crippen MR) is 138 cm³/mol. The smallest absolute Gasteiger partial charge is 0.167 e. The summed E-state index contributed by atoms with van der Waals surface area (Å²) in [5.74, 6) is -3.85. The van der Waals surface area contributed by atoms with E-state index in [1.807, 2.05) is 12.1 Å². The van der Waals surface area contributed by atoms with E-state index < -0.39 is 35.2 Å². The maximum Gasteiger partial charge on any atom is 0.167 e. The third-order valence-electron chi connectivity index (χ3n) is 7.19. The number of halogens is 5. The summed E-state index contributed by atoms with van der Waals surface area (Å²) in [6.45, 7) is 2.62. The molecule has 4 aromatic rings. The van der Waals surface area contributed by atoms with Crippen LogP contribution in [0.15, 0.2) is 72.8 Å². The largest absolute Gasteiger partial charge is 0.373 e. The third kappa shape index (κ3) is 5.51. The summed E-state index contributed by atoms with van der Waals surface area (Å²) in [7, 11) is 0. The molecule has 6 heteroatoms. The van der Waals surface area contributed by atoms with Crippen LogP contribution in [0.3, 0.4) is 0 Å². The van der Waals surface area contributed by atoms with Gasteiger partial charge >= 0.3 is 0 Å². The summed E-state index contributed by atoms with van der Waals surface area (Å²) < 4.78 is 77.0. The molecule has 2 unspecified atom stereocenters. The van der Waals surface area contributed by atoms with Crippen LogP contribution in [-0.4, -0.2) is 6.61 Å². The van der Waals surface area contributed by atoms with E-state index in [4.69, 9.17) is 4.74 Å². The fourth-order valence-corrected chi connectivity index (χ4v) is 4.92. The fourth-order valence-electron chi connectivity index (χ4n) is 4.92. The van der Waals surface area contributed by atoms with Crippen LogP contribution in [-0.2, 0) is 17.6 Å². The van der Waals surface area contributed by atoms with E-state index in [2.05, 4.69) is 6.92 Å². The second-order valence-corrected chi connectivity index (χ2v) is 9.97. The lowest BCUT2D eigenvalue weighted by molar-refractivity contribution is -0.0144. The van der Waals surface area contributed by atoms with Gasteiger partial charge in [0.25, 0.3) is 0 Å². The highest BCUT2D eigenvalue weighted by molar-refractivity contribution is 5.66. The maximum atomic E-state index is 15.0. The van der Waals surface area contributed by atoms with Gasteiger partial charge < -0.3 is 4.74 Å². The van der Waals surface area contributed by atoms with E-state index in [1.165, 1.54) is 12.1 Å². The van der Waals surface area contributed by atoms with Gasteiger partial charge in [-0.3, -0.25) is 0 Å². The van der Waals surface area contributed by atoms with Crippen LogP contribution in [0.2, 0.25) is 0 Å². The summed E-state index contributed by atoms with van der Waals surface area (Å²) in [5, 5.41) is 0. The second kappa shape index (κ2) is 11.1. The van der Waals surface area contributed by atoms with Gasteiger partial charge in [0.15, 0.2) is 23.3 Å². The molecule has 1 nitrogen and oxygen atoms in total. The summed E-state index contributed by atoms with van der Waals surface area (Å²) >= 11 is 0. The molecule has 38 heavy (non-hydrogen) atoms. The standard InChI is InChI=1S/C32H27F5O/c1-19-2-15-30(38-18-19)26-13-12-25(31(36)32(26)37)22-8-5-20(6-9-22)3-4-21-7-11-24(28(34)16-21)23-10-14-27(33)29(35)17-23/h5-14,16-17,19,30H,2-4,15,18H2,1H3. The minimum atomic E-state index is -1.03. The number of benzene rings is 4. The fraction of sp³-hybridized carbons (Fsp3) is 0.250. The van der Waals surface area contributed by atoms with Crippen molar-refractivity contribution in [2.75, 3.05) is 6.61 Å². The first-order valence-electron chi connectivity index (χ1n) is 12.7. The normalized spacial score (nSPS) is 17.5. The molecule has 0 aromatic heterocycles. The SMILES string of the molecule is CC1CCC(c2ccc(-c3ccc(CCc4ccc(-c5ccc(F)c(F)c5)c(F)c4)cc3)c(F)c2F)OC1. The van der Waals surface area contributed by atoms with Gasteiger partial charge in [-0.05, 0) is 72.1 Å². The predicted octanol–water partition coefficient (Wildman–Crippen LogP) is 8.99. The Labute approximate surface area is 218 Å². The molecule has 1 aliphatic heterocycles. The molecule has 1 saturated heterocycles. The summed E-state index contributed by atoms with van der Waals surface area (Å²) in [6, 6.07) is 18.4. The molecule has 0 saturated carbocycles. The van der Waals surface area contributed by atoms with Gasteiger partial charge in [0.05, 0.1) is 6.10 Å². The van der Waals surface area contributed by atoms with Crippen LogP contribution < -0.4 is 0 Å². The molecule has 0 spiro atoms. The average Bonchev–Trinajstić information content (AvgIpc) is 2.92. The highest BCUT2D eigenvalue weighted by Gasteiger charge is 2.25. The van der Waals surface area contributed by atoms with Crippen molar-refractivity contribution in [1.29, 1.82) is 0 Å². The Morgan fingerprint density at radius 2 is 1.32 bits per heavy atom. The van der Waals surface area contributed by atoms with Crippen LogP contribution in [0.5, 0.6) is 0 Å². The molecule has 196 valence electrons. The highest BCUT2D eigenvalue weighted by Crippen LogP contribution is 2.35. The first-order chi connectivity index (χ1) is 18.3. The minimum absolute atomic E-state index is 0.192. The molecular formula is C32H27F5O. The van der Waals surface area contributed by atoms with Crippen molar-refractivity contribution in [2.24, 2.45) is 5.92 Å². The van der Waals surface area contributed by atoms with Crippen LogP contribution in [0.1, 0.15) is 42.6 Å². The molecule has 0 N–H and O–H groups in total. The Morgan fingerprint density at radius 1 is 0.632 bits per heavy atom. The van der Waals surface area contributed by atoms with Crippen molar-refractivity contribution < 1.29 is 26.7 Å². The van der Waals surface area contributed by atoms with Crippen molar-refractivity contribution in [3.63, 3.8) is 0 Å². The van der Waals surface area contributed by atoms with E-state index in [-0.39, 0.29) is 22.3 Å². The quantitative estimate of drug-likeness (QED) is 0.230. The molecule has 2 atom stereocenters. The Kier molecular flexibility index (Phi) is 7.61. The first-order valence-corrected chi connectivity index (χ1v) is 12.7. The van der Waals surface area contributed by atoms with Crippen molar-refractivity contribution >= 4 is 0 Å². The van der Waals surface area contributed by atoms with E-state index in [0.29, 0.717) is 37.4 Å². The number of hydrogen-bond donors (Lipinski definition) is 0. The Hall–Kier alpha value is -3.51. The summed E-state index contributed by atoms with van der Waals surface area (Å²) in [6.07, 6.45) is 2.32. The van der Waals surface area contributed by atoms with E-state index in [1.54, 1.807) is 36.4 Å². The van der Waals surface area contributed by atoms with Gasteiger partial charge in [-0.1, -0.05) is 61.5 Å². The highest BCUT2D eigenvalue weighted by atomic mass is 19.2. The zero-order valence-electron chi connectivity index (χ0n) is 20.9. The number of aryl methyl sites for hydroxylation is 2. The number of hydrogen-bond acceptors (Lipinski definition) is 1. The topological polar surface area (TPSA) is 9.23 Å². The maximum absolute atomic E-state index is 15.0. The first kappa shape index (κ1) is 26.1. The van der Waals surface area contributed by atoms with E-state index in [9.17, 15) is 22.0 Å². The Balaban J connectivity index is 1.25. The van der Waals surface area contributed by atoms with E-state index >= 15 is 0 Å². The van der Waals surface area contributed by atoms with Gasteiger partial charge in [-0.25, -0.2) is 22.0 Å². The zero-order valence-corrected chi connectivity index (χ0v) is 20.9. The third-order valence-corrected chi connectivity index (χ3v) is 7.19. The van der Waals surface area contributed by atoms with Crippen molar-refractivity contribution in [2.45, 2.75) is 38.7 Å². The second-order valence-electron chi connectivity index (χ2n) is 9.97.